The van der Waals surface area contributed by atoms with Crippen LogP contribution in [0.1, 0.15) is 37.6 Å². The van der Waals surface area contributed by atoms with Gasteiger partial charge < -0.3 is 14.8 Å². The van der Waals surface area contributed by atoms with Crippen molar-refractivity contribution >= 4 is 11.6 Å². The standard InChI is InChI=1S/C26H27F2N7O2/c1-4-37-16(3)35-13-18(12-30-35)19-5-7-34-25(24(19)20-9-15(2)17(11-29)10-21(20)27)32-26(33-34)31-23-6-8-36-14-22(23)28/h5,7,9-10,12-13,16,22-23H,4,6,8,14H2,1-3H3,(H,31,33)/t16?,22-,23+/m1/s1. The lowest BCUT2D eigenvalue weighted by molar-refractivity contribution is 0.0160. The Morgan fingerprint density at radius 2 is 2.19 bits per heavy atom. The van der Waals surface area contributed by atoms with Gasteiger partial charge in [-0.3, -0.25) is 0 Å². The molecule has 5 rings (SSSR count). The Morgan fingerprint density at radius 1 is 1.35 bits per heavy atom. The van der Waals surface area contributed by atoms with Crippen molar-refractivity contribution in [1.29, 1.82) is 5.26 Å². The van der Waals surface area contributed by atoms with Gasteiger partial charge in [0, 0.05) is 42.3 Å². The Bertz CT molecular complexity index is 1480. The van der Waals surface area contributed by atoms with Crippen molar-refractivity contribution in [3.05, 3.63) is 53.7 Å². The minimum Gasteiger partial charge on any atom is -0.378 e. The average molecular weight is 508 g/mol. The summed E-state index contributed by atoms with van der Waals surface area (Å²) in [5.74, 6) is -0.322. The third-order valence-corrected chi connectivity index (χ3v) is 6.50. The molecule has 1 aromatic carbocycles. The van der Waals surface area contributed by atoms with Gasteiger partial charge in [0.1, 0.15) is 18.2 Å². The molecule has 0 amide bonds. The maximum Gasteiger partial charge on any atom is 0.243 e. The van der Waals surface area contributed by atoms with Gasteiger partial charge in [0.2, 0.25) is 5.95 Å². The van der Waals surface area contributed by atoms with E-state index in [0.717, 1.165) is 5.56 Å². The summed E-state index contributed by atoms with van der Waals surface area (Å²) in [5.41, 5.74) is 3.45. The monoisotopic (exact) mass is 507 g/mol. The number of pyridine rings is 1. The largest absolute Gasteiger partial charge is 0.378 e. The maximum atomic E-state index is 15.5. The highest BCUT2D eigenvalue weighted by molar-refractivity contribution is 5.92. The minimum absolute atomic E-state index is 0.0142. The molecule has 4 aromatic rings. The summed E-state index contributed by atoms with van der Waals surface area (Å²) in [6.07, 6.45) is 4.25. The van der Waals surface area contributed by atoms with Crippen LogP contribution in [-0.4, -0.2) is 56.4 Å². The van der Waals surface area contributed by atoms with E-state index in [9.17, 15) is 9.65 Å². The summed E-state index contributed by atoms with van der Waals surface area (Å²) < 4.78 is 43.9. The van der Waals surface area contributed by atoms with Crippen LogP contribution in [0.5, 0.6) is 0 Å². The zero-order valence-electron chi connectivity index (χ0n) is 20.8. The molecule has 1 N–H and O–H groups in total. The second-order valence-corrected chi connectivity index (χ2v) is 8.96. The van der Waals surface area contributed by atoms with Crippen molar-refractivity contribution in [2.45, 2.75) is 45.6 Å². The van der Waals surface area contributed by atoms with Gasteiger partial charge in [0.15, 0.2) is 5.65 Å². The van der Waals surface area contributed by atoms with Crippen molar-refractivity contribution in [1.82, 2.24) is 24.4 Å². The molecule has 0 spiro atoms. The molecule has 9 nitrogen and oxygen atoms in total. The summed E-state index contributed by atoms with van der Waals surface area (Å²) in [6.45, 7) is 6.55. The van der Waals surface area contributed by atoms with Crippen LogP contribution in [0.2, 0.25) is 0 Å². The molecule has 4 heterocycles. The van der Waals surface area contributed by atoms with Crippen LogP contribution in [0.4, 0.5) is 14.7 Å². The summed E-state index contributed by atoms with van der Waals surface area (Å²) in [5, 5.41) is 21.3. The first-order chi connectivity index (χ1) is 17.9. The highest BCUT2D eigenvalue weighted by Gasteiger charge is 2.27. The summed E-state index contributed by atoms with van der Waals surface area (Å²) in [7, 11) is 0. The fourth-order valence-electron chi connectivity index (χ4n) is 4.53. The fraction of sp³-hybridized carbons (Fsp3) is 0.385. The highest BCUT2D eigenvalue weighted by atomic mass is 19.1. The molecule has 1 saturated heterocycles. The van der Waals surface area contributed by atoms with E-state index in [1.807, 2.05) is 32.2 Å². The predicted octanol–water partition coefficient (Wildman–Crippen LogP) is 4.67. The quantitative estimate of drug-likeness (QED) is 0.388. The molecule has 1 aliphatic heterocycles. The molecular weight excluding hydrogens is 480 g/mol. The van der Waals surface area contributed by atoms with E-state index in [-0.39, 0.29) is 29.9 Å². The number of nitrogens with zero attached hydrogens (tertiary/aromatic N) is 6. The Hall–Kier alpha value is -3.88. The van der Waals surface area contributed by atoms with Crippen molar-refractivity contribution in [3.8, 4) is 28.3 Å². The summed E-state index contributed by atoms with van der Waals surface area (Å²) in [6, 6.07) is 6.21. The van der Waals surface area contributed by atoms with E-state index in [4.69, 9.17) is 9.47 Å². The first-order valence-electron chi connectivity index (χ1n) is 12.1. The van der Waals surface area contributed by atoms with Crippen LogP contribution < -0.4 is 5.32 Å². The number of ether oxygens (including phenoxy) is 2. The SMILES string of the molecule is CCOC(C)n1cc(-c2ccn3nc(N[C@H]4CCOC[C@H]4F)nc3c2-c2cc(C)c(C#N)cc2F)cn1. The zero-order chi connectivity index (χ0) is 26.1. The Morgan fingerprint density at radius 3 is 2.95 bits per heavy atom. The number of alkyl halides is 1. The average Bonchev–Trinajstić information content (AvgIpc) is 3.53. The number of nitrogens with one attached hydrogen (secondary N) is 1. The molecule has 0 saturated carbocycles. The first-order valence-corrected chi connectivity index (χ1v) is 12.1. The topological polar surface area (TPSA) is 102 Å². The van der Waals surface area contributed by atoms with Crippen molar-refractivity contribution in [3.63, 3.8) is 0 Å². The molecule has 1 unspecified atom stereocenters. The molecule has 1 aliphatic rings. The van der Waals surface area contributed by atoms with Gasteiger partial charge in [-0.25, -0.2) is 18.0 Å². The Labute approximate surface area is 212 Å². The lowest BCUT2D eigenvalue weighted by Gasteiger charge is -2.26. The van der Waals surface area contributed by atoms with Crippen molar-refractivity contribution < 1.29 is 18.3 Å². The molecule has 0 aliphatic carbocycles. The van der Waals surface area contributed by atoms with Crippen LogP contribution in [0.3, 0.4) is 0 Å². The number of hydrogen-bond acceptors (Lipinski definition) is 7. The molecule has 192 valence electrons. The number of benzene rings is 1. The molecule has 3 atom stereocenters. The molecule has 0 bridgehead atoms. The van der Waals surface area contributed by atoms with E-state index >= 15 is 4.39 Å². The van der Waals surface area contributed by atoms with Gasteiger partial charge in [-0.15, -0.1) is 5.10 Å². The highest BCUT2D eigenvalue weighted by Crippen LogP contribution is 2.38. The Kier molecular flexibility index (Phi) is 6.86. The van der Waals surface area contributed by atoms with Crippen LogP contribution in [0.15, 0.2) is 36.8 Å². The van der Waals surface area contributed by atoms with Crippen molar-refractivity contribution in [2.75, 3.05) is 25.1 Å². The lowest BCUT2D eigenvalue weighted by Crippen LogP contribution is -2.39. The second-order valence-electron chi connectivity index (χ2n) is 8.96. The predicted molar refractivity (Wildman–Crippen MR) is 133 cm³/mol. The molecule has 1 fully saturated rings. The normalized spacial score (nSPS) is 18.6. The summed E-state index contributed by atoms with van der Waals surface area (Å²) >= 11 is 0. The smallest absolute Gasteiger partial charge is 0.243 e. The van der Waals surface area contributed by atoms with Crippen LogP contribution in [0.25, 0.3) is 27.9 Å². The van der Waals surface area contributed by atoms with Gasteiger partial charge in [0.05, 0.1) is 30.5 Å². The van der Waals surface area contributed by atoms with Gasteiger partial charge >= 0.3 is 0 Å². The van der Waals surface area contributed by atoms with Gasteiger partial charge in [-0.1, -0.05) is 0 Å². The van der Waals surface area contributed by atoms with Crippen molar-refractivity contribution in [2.24, 2.45) is 0 Å². The third kappa shape index (κ3) is 4.77. The van der Waals surface area contributed by atoms with Crippen LogP contribution in [0, 0.1) is 24.1 Å². The maximum absolute atomic E-state index is 15.5. The van der Waals surface area contributed by atoms with Gasteiger partial charge in [-0.2, -0.15) is 15.3 Å². The lowest BCUT2D eigenvalue weighted by atomic mass is 9.94. The molecule has 11 heteroatoms. The van der Waals surface area contributed by atoms with E-state index in [1.165, 1.54) is 10.6 Å². The molecule has 0 radical (unpaired) electrons. The molecule has 3 aromatic heterocycles. The van der Waals surface area contributed by atoms with E-state index < -0.39 is 18.0 Å². The molecule has 37 heavy (non-hydrogen) atoms. The number of aromatic nitrogens is 5. The number of aryl methyl sites for hydroxylation is 1. The minimum atomic E-state index is -1.19. The van der Waals surface area contributed by atoms with Crippen LogP contribution in [-0.2, 0) is 9.47 Å². The second kappa shape index (κ2) is 10.2. The number of nitriles is 1. The number of hydrogen-bond donors (Lipinski definition) is 1. The number of halogens is 2. The van der Waals surface area contributed by atoms with E-state index in [2.05, 4.69) is 20.5 Å². The van der Waals surface area contributed by atoms with E-state index in [0.29, 0.717) is 42.0 Å². The Balaban J connectivity index is 1.66. The third-order valence-electron chi connectivity index (χ3n) is 6.50. The van der Waals surface area contributed by atoms with Gasteiger partial charge in [0.25, 0.3) is 0 Å². The molecular formula is C26H27F2N7O2. The van der Waals surface area contributed by atoms with E-state index in [1.54, 1.807) is 30.1 Å². The first kappa shape index (κ1) is 24.8. The summed E-state index contributed by atoms with van der Waals surface area (Å²) in [4.78, 5) is 4.64. The van der Waals surface area contributed by atoms with Crippen LogP contribution >= 0.6 is 0 Å². The fourth-order valence-corrected chi connectivity index (χ4v) is 4.53. The number of anilines is 1. The van der Waals surface area contributed by atoms with Gasteiger partial charge in [-0.05, 0) is 56.5 Å². The number of fused-ring (bicyclic) bond motifs is 1. The zero-order valence-corrected chi connectivity index (χ0v) is 20.8. The number of rotatable bonds is 7.